The third-order valence-corrected chi connectivity index (χ3v) is 6.20. The molecular formula is C22H25N3O7S. The van der Waals surface area contributed by atoms with Gasteiger partial charge in [-0.15, -0.1) is 0 Å². The lowest BCUT2D eigenvalue weighted by molar-refractivity contribution is -0.127. The maximum Gasteiger partial charge on any atom is 0.338 e. The number of ether oxygens (including phenoxy) is 2. The summed E-state index contributed by atoms with van der Waals surface area (Å²) in [6.45, 7) is 3.18. The Morgan fingerprint density at radius 3 is 2.33 bits per heavy atom. The number of rotatable bonds is 8. The Bertz CT molecular complexity index is 1160. The van der Waals surface area contributed by atoms with E-state index in [1.807, 2.05) is 6.92 Å². The second kappa shape index (κ2) is 9.90. The molecule has 0 aliphatic heterocycles. The van der Waals surface area contributed by atoms with Crippen LogP contribution in [-0.2, 0) is 19.6 Å². The molecule has 1 fully saturated rings. The molecule has 33 heavy (non-hydrogen) atoms. The number of aryl methyl sites for hydroxylation is 1. The summed E-state index contributed by atoms with van der Waals surface area (Å²) >= 11 is 0. The molecule has 0 spiro atoms. The number of amides is 3. The van der Waals surface area contributed by atoms with Crippen molar-refractivity contribution in [3.63, 3.8) is 0 Å². The molecule has 1 saturated carbocycles. The number of anilines is 1. The maximum absolute atomic E-state index is 12.9. The molecule has 1 atom stereocenters. The molecule has 176 valence electrons. The van der Waals surface area contributed by atoms with Gasteiger partial charge in [0.05, 0.1) is 12.7 Å². The van der Waals surface area contributed by atoms with E-state index in [2.05, 4.69) is 15.4 Å². The van der Waals surface area contributed by atoms with Gasteiger partial charge in [0, 0.05) is 11.7 Å². The van der Waals surface area contributed by atoms with Crippen LogP contribution in [-0.4, -0.2) is 45.6 Å². The van der Waals surface area contributed by atoms with Crippen molar-refractivity contribution < 1.29 is 32.3 Å². The molecule has 10 nitrogen and oxygen atoms in total. The van der Waals surface area contributed by atoms with Crippen molar-refractivity contribution >= 4 is 33.6 Å². The fourth-order valence-corrected chi connectivity index (χ4v) is 4.04. The van der Waals surface area contributed by atoms with E-state index in [0.717, 1.165) is 24.5 Å². The first kappa shape index (κ1) is 24.1. The second-order valence-corrected chi connectivity index (χ2v) is 9.27. The zero-order valence-electron chi connectivity index (χ0n) is 18.4. The van der Waals surface area contributed by atoms with Crippen LogP contribution in [0, 0.1) is 6.92 Å². The van der Waals surface area contributed by atoms with Crippen LogP contribution in [0.4, 0.5) is 10.5 Å². The summed E-state index contributed by atoms with van der Waals surface area (Å²) < 4.78 is 38.6. The fraction of sp³-hybridized carbons (Fsp3) is 0.318. The molecule has 3 rings (SSSR count). The van der Waals surface area contributed by atoms with Gasteiger partial charge in [0.25, 0.3) is 15.9 Å². The maximum atomic E-state index is 12.9. The summed E-state index contributed by atoms with van der Waals surface area (Å²) in [7, 11) is -2.80. The van der Waals surface area contributed by atoms with Gasteiger partial charge in [-0.05, 0) is 57.0 Å². The fourth-order valence-electron chi connectivity index (χ4n) is 2.79. The monoisotopic (exact) mass is 475 g/mol. The van der Waals surface area contributed by atoms with Crippen molar-refractivity contribution in [2.24, 2.45) is 0 Å². The Kier molecular flexibility index (Phi) is 7.22. The summed E-state index contributed by atoms with van der Waals surface area (Å²) in [6.07, 6.45) is 0.427. The molecule has 0 radical (unpaired) electrons. The summed E-state index contributed by atoms with van der Waals surface area (Å²) in [5.41, 5.74) is 1.19. The molecule has 0 aromatic heterocycles. The highest BCUT2D eigenvalue weighted by atomic mass is 32.2. The lowest BCUT2D eigenvalue weighted by atomic mass is 10.2. The first-order chi connectivity index (χ1) is 15.6. The van der Waals surface area contributed by atoms with Gasteiger partial charge < -0.3 is 14.8 Å². The number of nitrogens with one attached hydrogen (secondary N) is 3. The Morgan fingerprint density at radius 2 is 1.73 bits per heavy atom. The molecule has 0 bridgehead atoms. The topological polar surface area (TPSA) is 140 Å². The van der Waals surface area contributed by atoms with E-state index in [1.165, 1.54) is 26.2 Å². The van der Waals surface area contributed by atoms with Gasteiger partial charge >= 0.3 is 12.0 Å². The van der Waals surface area contributed by atoms with E-state index in [9.17, 15) is 22.8 Å². The summed E-state index contributed by atoms with van der Waals surface area (Å²) in [5, 5.41) is 4.69. The third-order valence-electron chi connectivity index (χ3n) is 4.79. The van der Waals surface area contributed by atoms with Crippen molar-refractivity contribution in [2.45, 2.75) is 43.7 Å². The van der Waals surface area contributed by atoms with Gasteiger partial charge in [-0.3, -0.25) is 14.8 Å². The van der Waals surface area contributed by atoms with Gasteiger partial charge in [0.1, 0.15) is 10.6 Å². The van der Waals surface area contributed by atoms with Gasteiger partial charge in [-0.2, -0.15) is 0 Å². The highest BCUT2D eigenvalue weighted by molar-refractivity contribution is 7.92. The molecule has 2 aromatic rings. The molecular weight excluding hydrogens is 450 g/mol. The number of hydrogen-bond donors (Lipinski definition) is 3. The quantitative estimate of drug-likeness (QED) is 0.498. The van der Waals surface area contributed by atoms with Crippen LogP contribution in [0.3, 0.4) is 0 Å². The van der Waals surface area contributed by atoms with Crippen molar-refractivity contribution in [3.8, 4) is 5.75 Å². The Labute approximate surface area is 191 Å². The Morgan fingerprint density at radius 1 is 1.06 bits per heavy atom. The zero-order chi connectivity index (χ0) is 24.2. The van der Waals surface area contributed by atoms with Crippen LogP contribution in [0.1, 0.15) is 35.7 Å². The number of imide groups is 1. The summed E-state index contributed by atoms with van der Waals surface area (Å²) in [6, 6.07) is 9.84. The van der Waals surface area contributed by atoms with E-state index in [-0.39, 0.29) is 22.3 Å². The van der Waals surface area contributed by atoms with E-state index >= 15 is 0 Å². The van der Waals surface area contributed by atoms with E-state index in [1.54, 1.807) is 24.3 Å². The number of methoxy groups -OCH3 is 1. The normalized spacial score (nSPS) is 14.0. The minimum atomic E-state index is -4.11. The molecule has 11 heteroatoms. The average molecular weight is 476 g/mol. The molecule has 3 N–H and O–H groups in total. The van der Waals surface area contributed by atoms with Crippen molar-refractivity contribution in [1.82, 2.24) is 10.6 Å². The van der Waals surface area contributed by atoms with E-state index < -0.39 is 34.0 Å². The molecule has 1 aliphatic carbocycles. The largest absolute Gasteiger partial charge is 0.495 e. The van der Waals surface area contributed by atoms with Crippen LogP contribution >= 0.6 is 0 Å². The number of carbonyl (C=O) groups is 3. The number of benzene rings is 2. The number of esters is 1. The summed E-state index contributed by atoms with van der Waals surface area (Å²) in [5.74, 6) is -1.72. The standard InChI is InChI=1S/C22H25N3O7S/c1-13-4-7-17(8-5-13)25-33(29,30)19-12-15(6-11-18(19)31-3)21(27)32-14(2)20(26)24-22(28)23-16-9-10-16/h4-8,11-12,14,16,25H,9-10H2,1-3H3,(H2,23,24,26,28). The lowest BCUT2D eigenvalue weighted by Crippen LogP contribution is -2.45. The van der Waals surface area contributed by atoms with Crippen LogP contribution in [0.25, 0.3) is 0 Å². The Hall–Kier alpha value is -3.60. The average Bonchev–Trinajstić information content (AvgIpc) is 3.58. The molecule has 1 unspecified atom stereocenters. The first-order valence-electron chi connectivity index (χ1n) is 10.2. The van der Waals surface area contributed by atoms with Crippen LogP contribution < -0.4 is 20.1 Å². The van der Waals surface area contributed by atoms with E-state index in [0.29, 0.717) is 5.69 Å². The van der Waals surface area contributed by atoms with E-state index in [4.69, 9.17) is 9.47 Å². The predicted molar refractivity (Wildman–Crippen MR) is 120 cm³/mol. The van der Waals surface area contributed by atoms with Gasteiger partial charge in [-0.25, -0.2) is 18.0 Å². The Balaban J connectivity index is 1.73. The molecule has 2 aromatic carbocycles. The first-order valence-corrected chi connectivity index (χ1v) is 11.7. The van der Waals surface area contributed by atoms with Crippen molar-refractivity contribution in [2.75, 3.05) is 11.8 Å². The van der Waals surface area contributed by atoms with Gasteiger partial charge in [-0.1, -0.05) is 17.7 Å². The third kappa shape index (κ3) is 6.45. The molecule has 1 aliphatic rings. The molecule has 3 amide bonds. The van der Waals surface area contributed by atoms with Crippen LogP contribution in [0.2, 0.25) is 0 Å². The minimum Gasteiger partial charge on any atom is -0.495 e. The number of hydrogen-bond acceptors (Lipinski definition) is 7. The zero-order valence-corrected chi connectivity index (χ0v) is 19.2. The predicted octanol–water partition coefficient (Wildman–Crippen LogP) is 2.34. The molecule has 0 heterocycles. The second-order valence-electron chi connectivity index (χ2n) is 7.62. The van der Waals surface area contributed by atoms with Crippen LogP contribution in [0.15, 0.2) is 47.4 Å². The van der Waals surface area contributed by atoms with Gasteiger partial charge in [0.15, 0.2) is 6.10 Å². The van der Waals surface area contributed by atoms with Crippen LogP contribution in [0.5, 0.6) is 5.75 Å². The van der Waals surface area contributed by atoms with Crippen molar-refractivity contribution in [3.05, 3.63) is 53.6 Å². The van der Waals surface area contributed by atoms with Gasteiger partial charge in [0.2, 0.25) is 0 Å². The number of urea groups is 1. The number of sulfonamides is 1. The highest BCUT2D eigenvalue weighted by Crippen LogP contribution is 2.27. The highest BCUT2D eigenvalue weighted by Gasteiger charge is 2.27. The number of carbonyl (C=O) groups excluding carboxylic acids is 3. The minimum absolute atomic E-state index is 0.0219. The molecule has 0 saturated heterocycles. The SMILES string of the molecule is COc1ccc(C(=O)OC(C)C(=O)NC(=O)NC2CC2)cc1S(=O)(=O)Nc1ccc(C)cc1. The lowest BCUT2D eigenvalue weighted by Gasteiger charge is -2.15. The van der Waals surface area contributed by atoms with Crippen molar-refractivity contribution in [1.29, 1.82) is 0 Å². The smallest absolute Gasteiger partial charge is 0.338 e. The summed E-state index contributed by atoms with van der Waals surface area (Å²) in [4.78, 5) is 36.1.